The van der Waals surface area contributed by atoms with Gasteiger partial charge in [-0.15, -0.1) is 0 Å². The van der Waals surface area contributed by atoms with E-state index >= 15 is 0 Å². The van der Waals surface area contributed by atoms with Crippen LogP contribution in [0.5, 0.6) is 0 Å². The Kier molecular flexibility index (Phi) is 3.85. The van der Waals surface area contributed by atoms with Crippen LogP contribution in [0.25, 0.3) is 11.1 Å². The van der Waals surface area contributed by atoms with E-state index < -0.39 is 0 Å². The Hall–Kier alpha value is -2.54. The van der Waals surface area contributed by atoms with Crippen LogP contribution in [0.1, 0.15) is 24.0 Å². The van der Waals surface area contributed by atoms with Gasteiger partial charge in [0.15, 0.2) is 0 Å². The number of rotatable bonds is 3. The van der Waals surface area contributed by atoms with Crippen LogP contribution < -0.4 is 5.32 Å². The molecule has 0 fully saturated rings. The second kappa shape index (κ2) is 6.29. The lowest BCUT2D eigenvalue weighted by Gasteiger charge is -2.19. The minimum Gasteiger partial charge on any atom is -0.356 e. The van der Waals surface area contributed by atoms with Gasteiger partial charge in [0, 0.05) is 11.4 Å². The van der Waals surface area contributed by atoms with Crippen LogP contribution >= 0.6 is 0 Å². The molecule has 0 aliphatic heterocycles. The van der Waals surface area contributed by atoms with Crippen molar-refractivity contribution in [2.45, 2.75) is 25.7 Å². The summed E-state index contributed by atoms with van der Waals surface area (Å²) in [6.07, 6.45) is 5.10. The highest BCUT2D eigenvalue weighted by Crippen LogP contribution is 2.32. The van der Waals surface area contributed by atoms with E-state index in [0.717, 1.165) is 11.4 Å². The molecule has 0 radical (unpaired) electrons. The standard InChI is InChI=1S/C22H21N/c1-2-9-19(10-3-1)23-20-15-13-18(14-16-20)22-12-6-8-17-7-4-5-11-21(17)22/h1-3,6,8-10,12-16,23H,4-5,7,11H2. The van der Waals surface area contributed by atoms with Crippen molar-refractivity contribution in [3.05, 3.63) is 83.9 Å². The summed E-state index contributed by atoms with van der Waals surface area (Å²) in [6.45, 7) is 0. The number of hydrogen-bond acceptors (Lipinski definition) is 1. The SMILES string of the molecule is c1ccc(Nc2ccc(-c3cccc4c3CCCC4)cc2)cc1. The Labute approximate surface area is 138 Å². The van der Waals surface area contributed by atoms with Crippen molar-refractivity contribution in [1.82, 2.24) is 0 Å². The summed E-state index contributed by atoms with van der Waals surface area (Å²) in [5.41, 5.74) is 8.08. The predicted octanol–water partition coefficient (Wildman–Crippen LogP) is 5.98. The highest BCUT2D eigenvalue weighted by molar-refractivity contribution is 5.72. The molecule has 0 amide bonds. The first-order valence-corrected chi connectivity index (χ1v) is 8.43. The van der Waals surface area contributed by atoms with E-state index in [9.17, 15) is 0 Å². The number of aryl methyl sites for hydroxylation is 1. The number of anilines is 2. The van der Waals surface area contributed by atoms with Crippen LogP contribution in [-0.4, -0.2) is 0 Å². The number of nitrogens with one attached hydrogen (secondary N) is 1. The third-order valence-electron chi connectivity index (χ3n) is 4.65. The molecule has 0 atom stereocenters. The van der Waals surface area contributed by atoms with Gasteiger partial charge < -0.3 is 5.32 Å². The highest BCUT2D eigenvalue weighted by atomic mass is 14.9. The fourth-order valence-corrected chi connectivity index (χ4v) is 3.47. The molecule has 1 nitrogen and oxygen atoms in total. The molecule has 3 aromatic carbocycles. The van der Waals surface area contributed by atoms with Gasteiger partial charge in [-0.05, 0) is 72.2 Å². The van der Waals surface area contributed by atoms with E-state index in [0.29, 0.717) is 0 Å². The fraction of sp³-hybridized carbons (Fsp3) is 0.182. The largest absolute Gasteiger partial charge is 0.356 e. The van der Waals surface area contributed by atoms with Crippen molar-refractivity contribution < 1.29 is 0 Å². The van der Waals surface area contributed by atoms with Crippen molar-refractivity contribution >= 4 is 11.4 Å². The average molecular weight is 299 g/mol. The fourth-order valence-electron chi connectivity index (χ4n) is 3.47. The summed E-state index contributed by atoms with van der Waals surface area (Å²) in [5, 5.41) is 3.44. The topological polar surface area (TPSA) is 12.0 Å². The van der Waals surface area contributed by atoms with Crippen LogP contribution in [0.15, 0.2) is 72.8 Å². The summed E-state index contributed by atoms with van der Waals surface area (Å²) in [6, 6.07) is 25.9. The van der Waals surface area contributed by atoms with E-state index in [1.807, 2.05) is 18.2 Å². The van der Waals surface area contributed by atoms with Gasteiger partial charge in [-0.2, -0.15) is 0 Å². The van der Waals surface area contributed by atoms with Gasteiger partial charge in [-0.1, -0.05) is 48.5 Å². The molecule has 0 aromatic heterocycles. The van der Waals surface area contributed by atoms with E-state index in [1.165, 1.54) is 36.8 Å². The maximum atomic E-state index is 3.44. The first-order valence-electron chi connectivity index (χ1n) is 8.43. The van der Waals surface area contributed by atoms with Gasteiger partial charge in [0.2, 0.25) is 0 Å². The molecule has 0 bridgehead atoms. The molecule has 23 heavy (non-hydrogen) atoms. The lowest BCUT2D eigenvalue weighted by Crippen LogP contribution is -2.04. The molecule has 114 valence electrons. The number of benzene rings is 3. The summed E-state index contributed by atoms with van der Waals surface area (Å²) in [4.78, 5) is 0. The van der Waals surface area contributed by atoms with E-state index in [-0.39, 0.29) is 0 Å². The van der Waals surface area contributed by atoms with Gasteiger partial charge in [-0.3, -0.25) is 0 Å². The van der Waals surface area contributed by atoms with Gasteiger partial charge >= 0.3 is 0 Å². The molecule has 0 saturated carbocycles. The second-order valence-electron chi connectivity index (χ2n) is 6.22. The minimum atomic E-state index is 1.12. The van der Waals surface area contributed by atoms with Gasteiger partial charge in [0.25, 0.3) is 0 Å². The molecule has 1 aliphatic rings. The molecule has 0 unspecified atom stereocenters. The summed E-state index contributed by atoms with van der Waals surface area (Å²) in [7, 11) is 0. The quantitative estimate of drug-likeness (QED) is 0.627. The third kappa shape index (κ3) is 3.00. The molecule has 0 saturated heterocycles. The maximum absolute atomic E-state index is 3.44. The lowest BCUT2D eigenvalue weighted by molar-refractivity contribution is 0.687. The van der Waals surface area contributed by atoms with Crippen LogP contribution in [0, 0.1) is 0 Å². The van der Waals surface area contributed by atoms with E-state index in [1.54, 1.807) is 11.1 Å². The summed E-state index contributed by atoms with van der Waals surface area (Å²) >= 11 is 0. The molecule has 0 spiro atoms. The lowest BCUT2D eigenvalue weighted by atomic mass is 9.86. The molecule has 1 aliphatic carbocycles. The Balaban J connectivity index is 1.61. The Morgan fingerprint density at radius 3 is 2.17 bits per heavy atom. The van der Waals surface area contributed by atoms with Crippen LogP contribution in [0.4, 0.5) is 11.4 Å². The van der Waals surface area contributed by atoms with Crippen molar-refractivity contribution in [2.24, 2.45) is 0 Å². The normalized spacial score (nSPS) is 13.4. The molecule has 0 heterocycles. The number of hydrogen-bond donors (Lipinski definition) is 1. The molecule has 4 rings (SSSR count). The highest BCUT2D eigenvalue weighted by Gasteiger charge is 2.13. The van der Waals surface area contributed by atoms with Crippen molar-refractivity contribution in [3.8, 4) is 11.1 Å². The molecule has 1 heteroatoms. The van der Waals surface area contributed by atoms with E-state index in [4.69, 9.17) is 0 Å². The maximum Gasteiger partial charge on any atom is 0.0384 e. The zero-order valence-corrected chi connectivity index (χ0v) is 13.3. The smallest absolute Gasteiger partial charge is 0.0384 e. The summed E-state index contributed by atoms with van der Waals surface area (Å²) in [5.74, 6) is 0. The monoisotopic (exact) mass is 299 g/mol. The number of fused-ring (bicyclic) bond motifs is 1. The van der Waals surface area contributed by atoms with Crippen LogP contribution in [-0.2, 0) is 12.8 Å². The van der Waals surface area contributed by atoms with E-state index in [2.05, 4.69) is 59.9 Å². The first kappa shape index (κ1) is 14.1. The minimum absolute atomic E-state index is 1.12. The molecular weight excluding hydrogens is 278 g/mol. The molecule has 1 N–H and O–H groups in total. The predicted molar refractivity (Wildman–Crippen MR) is 98.2 cm³/mol. The van der Waals surface area contributed by atoms with Crippen molar-refractivity contribution in [2.75, 3.05) is 5.32 Å². The average Bonchev–Trinajstić information content (AvgIpc) is 2.63. The zero-order chi connectivity index (χ0) is 15.5. The summed E-state index contributed by atoms with van der Waals surface area (Å²) < 4.78 is 0. The van der Waals surface area contributed by atoms with Crippen LogP contribution in [0.2, 0.25) is 0 Å². The third-order valence-corrected chi connectivity index (χ3v) is 4.65. The molecular formula is C22H21N. The van der Waals surface area contributed by atoms with Crippen LogP contribution in [0.3, 0.4) is 0 Å². The second-order valence-corrected chi connectivity index (χ2v) is 6.22. The van der Waals surface area contributed by atoms with Gasteiger partial charge in [0.05, 0.1) is 0 Å². The Morgan fingerprint density at radius 1 is 0.609 bits per heavy atom. The van der Waals surface area contributed by atoms with Crippen molar-refractivity contribution in [3.63, 3.8) is 0 Å². The Bertz CT molecular complexity index is 788. The van der Waals surface area contributed by atoms with Crippen molar-refractivity contribution in [1.29, 1.82) is 0 Å². The Morgan fingerprint density at radius 2 is 1.35 bits per heavy atom. The van der Waals surface area contributed by atoms with Gasteiger partial charge in [-0.25, -0.2) is 0 Å². The number of para-hydroxylation sites is 1. The first-order chi connectivity index (χ1) is 11.4. The van der Waals surface area contributed by atoms with Gasteiger partial charge in [0.1, 0.15) is 0 Å². The zero-order valence-electron chi connectivity index (χ0n) is 13.3. The molecule has 3 aromatic rings.